The number of rotatable bonds is 3. The lowest BCUT2D eigenvalue weighted by Crippen LogP contribution is -2.67. The van der Waals surface area contributed by atoms with E-state index in [9.17, 15) is 0 Å². The summed E-state index contributed by atoms with van der Waals surface area (Å²) in [5.41, 5.74) is 2.70. The lowest BCUT2D eigenvalue weighted by atomic mass is 9.94. The Balaban J connectivity index is 1.82. The molecule has 1 saturated heterocycles. The van der Waals surface area contributed by atoms with Crippen molar-refractivity contribution in [1.29, 1.82) is 0 Å². The van der Waals surface area contributed by atoms with E-state index in [2.05, 4.69) is 106 Å². The maximum atomic E-state index is 3.76. The molecule has 3 N–H and O–H groups in total. The minimum atomic E-state index is 0.157. The van der Waals surface area contributed by atoms with Crippen molar-refractivity contribution in [2.75, 3.05) is 0 Å². The van der Waals surface area contributed by atoms with E-state index >= 15 is 0 Å². The molecule has 1 fully saturated rings. The van der Waals surface area contributed by atoms with E-state index in [-0.39, 0.29) is 16.5 Å². The Morgan fingerprint density at radius 2 is 2.00 bits per heavy atom. The maximum Gasteiger partial charge on any atom is 0.114 e. The summed E-state index contributed by atoms with van der Waals surface area (Å²) in [5.74, 6) is 0.487. The molecule has 0 bridgehead atoms. The van der Waals surface area contributed by atoms with Crippen LogP contribution in [0.4, 0.5) is 0 Å². The third-order valence-corrected chi connectivity index (χ3v) is 5.06. The van der Waals surface area contributed by atoms with Crippen molar-refractivity contribution >= 4 is 22.6 Å². The van der Waals surface area contributed by atoms with Crippen LogP contribution in [0.25, 0.3) is 0 Å². The van der Waals surface area contributed by atoms with Crippen LogP contribution in [0.3, 0.4) is 0 Å². The van der Waals surface area contributed by atoms with Crippen LogP contribution < -0.4 is 16.0 Å². The lowest BCUT2D eigenvalue weighted by Gasteiger charge is -2.40. The van der Waals surface area contributed by atoms with Gasteiger partial charge in [-0.05, 0) is 53.5 Å². The predicted octanol–water partition coefficient (Wildman–Crippen LogP) is 3.66. The fraction of sp³-hybridized carbons (Fsp3) is 0.368. The predicted molar refractivity (Wildman–Crippen MR) is 106 cm³/mol. The van der Waals surface area contributed by atoms with Crippen LogP contribution in [-0.2, 0) is 0 Å². The highest BCUT2D eigenvalue weighted by Crippen LogP contribution is 2.23. The first-order valence-electron chi connectivity index (χ1n) is 8.22. The second-order valence-electron chi connectivity index (χ2n) is 5.96. The molecule has 0 saturated carbocycles. The van der Waals surface area contributed by atoms with Gasteiger partial charge in [0, 0.05) is 5.92 Å². The second-order valence-corrected chi connectivity index (χ2v) is 7.20. The molecule has 4 unspecified atom stereocenters. The van der Waals surface area contributed by atoms with Gasteiger partial charge >= 0.3 is 0 Å². The van der Waals surface area contributed by atoms with Crippen LogP contribution in [0.2, 0.25) is 0 Å². The summed E-state index contributed by atoms with van der Waals surface area (Å²) in [4.78, 5) is 0. The van der Waals surface area contributed by atoms with Crippen LogP contribution in [0.5, 0.6) is 0 Å². The smallest absolute Gasteiger partial charge is 0.114 e. The lowest BCUT2D eigenvalue weighted by molar-refractivity contribution is 0.233. The summed E-state index contributed by atoms with van der Waals surface area (Å²) >= 11 is 2.43. The SMILES string of the molecule is C/C=C\C(=C1\C=CC=CC1)C1NC(I)NC(C2C=CC=CC2)N1. The molecular weight excluding hydrogens is 397 g/mol. The zero-order valence-corrected chi connectivity index (χ0v) is 15.5. The summed E-state index contributed by atoms with van der Waals surface area (Å²) in [6.45, 7) is 2.08. The summed E-state index contributed by atoms with van der Waals surface area (Å²) < 4.78 is 0.243. The number of hydrogen-bond donors (Lipinski definition) is 3. The van der Waals surface area contributed by atoms with Crippen molar-refractivity contribution in [2.45, 2.75) is 36.3 Å². The number of alkyl halides is 1. The average molecular weight is 421 g/mol. The highest BCUT2D eigenvalue weighted by Gasteiger charge is 2.31. The van der Waals surface area contributed by atoms with Gasteiger partial charge in [-0.3, -0.25) is 16.0 Å². The van der Waals surface area contributed by atoms with Crippen LogP contribution >= 0.6 is 22.6 Å². The number of allylic oxidation sites excluding steroid dienone is 9. The fourth-order valence-electron chi connectivity index (χ4n) is 3.20. The molecule has 0 aromatic rings. The molecule has 0 radical (unpaired) electrons. The quantitative estimate of drug-likeness (QED) is 0.370. The molecule has 4 heteroatoms. The number of nitrogens with one attached hydrogen (secondary N) is 3. The minimum Gasteiger partial charge on any atom is -0.282 e. The normalized spacial score (nSPS) is 35.9. The topological polar surface area (TPSA) is 36.1 Å². The van der Waals surface area contributed by atoms with E-state index in [1.807, 2.05) is 0 Å². The standard InChI is InChI=1S/C19H24IN3/c1-2-9-16(14-10-5-3-6-11-14)18-21-17(22-19(20)23-18)15-12-7-4-8-13-15/h2-10,12,15,17-19,21-23H,11,13H2,1H3/b9-2-,16-14+. The number of halogens is 1. The van der Waals surface area contributed by atoms with Crippen molar-refractivity contribution < 1.29 is 0 Å². The van der Waals surface area contributed by atoms with Crippen LogP contribution in [0.1, 0.15) is 19.8 Å². The third-order valence-electron chi connectivity index (χ3n) is 4.34. The molecular formula is C19H24IN3. The van der Waals surface area contributed by atoms with Crippen molar-refractivity contribution in [3.63, 3.8) is 0 Å². The molecule has 3 rings (SSSR count). The highest BCUT2D eigenvalue weighted by molar-refractivity contribution is 14.1. The van der Waals surface area contributed by atoms with Crippen LogP contribution in [0, 0.1) is 5.92 Å². The maximum absolute atomic E-state index is 3.76. The molecule has 0 amide bonds. The molecule has 0 spiro atoms. The van der Waals surface area contributed by atoms with Gasteiger partial charge in [0.2, 0.25) is 0 Å². The van der Waals surface area contributed by atoms with Gasteiger partial charge in [-0.25, -0.2) is 0 Å². The van der Waals surface area contributed by atoms with Crippen molar-refractivity contribution in [1.82, 2.24) is 16.0 Å². The van der Waals surface area contributed by atoms with Gasteiger partial charge in [-0.2, -0.15) is 0 Å². The first-order chi connectivity index (χ1) is 11.3. The van der Waals surface area contributed by atoms with Gasteiger partial charge in [0.1, 0.15) is 4.17 Å². The Morgan fingerprint density at radius 1 is 1.13 bits per heavy atom. The molecule has 3 nitrogen and oxygen atoms in total. The first-order valence-corrected chi connectivity index (χ1v) is 9.47. The molecule has 0 aromatic heterocycles. The van der Waals surface area contributed by atoms with Crippen molar-refractivity contribution in [3.05, 3.63) is 71.9 Å². The van der Waals surface area contributed by atoms with E-state index in [1.54, 1.807) is 0 Å². The molecule has 3 aliphatic rings. The van der Waals surface area contributed by atoms with E-state index in [4.69, 9.17) is 0 Å². The molecule has 23 heavy (non-hydrogen) atoms. The Labute approximate surface area is 152 Å². The zero-order valence-electron chi connectivity index (χ0n) is 13.4. The summed E-state index contributed by atoms with van der Waals surface area (Å²) in [6.07, 6.45) is 24.3. The van der Waals surface area contributed by atoms with Gasteiger partial charge in [-0.15, -0.1) is 0 Å². The second kappa shape index (κ2) is 8.24. The Bertz CT molecular complexity index is 598. The zero-order chi connectivity index (χ0) is 16.1. The van der Waals surface area contributed by atoms with Gasteiger partial charge in [0.15, 0.2) is 0 Å². The van der Waals surface area contributed by atoms with Crippen LogP contribution in [0.15, 0.2) is 71.9 Å². The molecule has 4 atom stereocenters. The molecule has 0 aromatic carbocycles. The van der Waals surface area contributed by atoms with E-state index < -0.39 is 0 Å². The average Bonchev–Trinajstić information content (AvgIpc) is 2.60. The fourth-order valence-corrected chi connectivity index (χ4v) is 3.94. The van der Waals surface area contributed by atoms with Crippen LogP contribution in [-0.4, -0.2) is 16.5 Å². The molecule has 122 valence electrons. The van der Waals surface area contributed by atoms with E-state index in [0.717, 1.165) is 12.8 Å². The van der Waals surface area contributed by atoms with Gasteiger partial charge in [0.25, 0.3) is 0 Å². The highest BCUT2D eigenvalue weighted by atomic mass is 127. The minimum absolute atomic E-state index is 0.157. The Kier molecular flexibility index (Phi) is 6.05. The summed E-state index contributed by atoms with van der Waals surface area (Å²) in [5, 5.41) is 11.0. The molecule has 2 aliphatic carbocycles. The van der Waals surface area contributed by atoms with E-state index in [0.29, 0.717) is 5.92 Å². The monoisotopic (exact) mass is 421 g/mol. The van der Waals surface area contributed by atoms with Crippen molar-refractivity contribution in [3.8, 4) is 0 Å². The molecule has 1 heterocycles. The first kappa shape index (κ1) is 16.9. The number of hydrogen-bond acceptors (Lipinski definition) is 3. The third kappa shape index (κ3) is 4.32. The Morgan fingerprint density at radius 3 is 2.70 bits per heavy atom. The van der Waals surface area contributed by atoms with Gasteiger partial charge < -0.3 is 0 Å². The van der Waals surface area contributed by atoms with Gasteiger partial charge in [0.05, 0.1) is 12.3 Å². The summed E-state index contributed by atoms with van der Waals surface area (Å²) in [6, 6.07) is 0. The largest absolute Gasteiger partial charge is 0.282 e. The molecule has 1 aliphatic heterocycles. The summed E-state index contributed by atoms with van der Waals surface area (Å²) in [7, 11) is 0. The van der Waals surface area contributed by atoms with E-state index in [1.165, 1.54) is 11.1 Å². The van der Waals surface area contributed by atoms with Gasteiger partial charge in [-0.1, -0.05) is 60.8 Å². The van der Waals surface area contributed by atoms with Crippen molar-refractivity contribution in [2.24, 2.45) is 5.92 Å². The Hall–Kier alpha value is -0.950.